The molecule has 86 valence electrons. The van der Waals surface area contributed by atoms with Crippen molar-refractivity contribution in [3.8, 4) is 11.8 Å². The van der Waals surface area contributed by atoms with Crippen LogP contribution < -0.4 is 5.32 Å². The van der Waals surface area contributed by atoms with E-state index in [0.717, 1.165) is 28.9 Å². The van der Waals surface area contributed by atoms with E-state index in [2.05, 4.69) is 17.2 Å². The summed E-state index contributed by atoms with van der Waals surface area (Å²) in [6.45, 7) is 3.70. The van der Waals surface area contributed by atoms with E-state index in [0.29, 0.717) is 6.42 Å². The molecular weight excluding hydrogens is 210 g/mol. The number of hydrogen-bond acceptors (Lipinski definition) is 2. The predicted molar refractivity (Wildman–Crippen MR) is 69.6 cm³/mol. The lowest BCUT2D eigenvalue weighted by molar-refractivity contribution is -0.114. The Labute approximate surface area is 102 Å². The zero-order chi connectivity index (χ0) is 12.3. The maximum atomic E-state index is 11.4. The van der Waals surface area contributed by atoms with Gasteiger partial charge in [-0.1, -0.05) is 12.0 Å². The van der Waals surface area contributed by atoms with Gasteiger partial charge < -0.3 is 5.32 Å². The van der Waals surface area contributed by atoms with Crippen LogP contribution >= 0.6 is 0 Å². The van der Waals surface area contributed by atoms with Crippen molar-refractivity contribution in [3.63, 3.8) is 0 Å². The van der Waals surface area contributed by atoms with Gasteiger partial charge in [-0.25, -0.2) is 0 Å². The fourth-order valence-electron chi connectivity index (χ4n) is 1.93. The van der Waals surface area contributed by atoms with Crippen LogP contribution in [-0.2, 0) is 4.79 Å². The SMILES string of the molecule is CC#Cc1cccc(NC2=C(C)C(=O)CC2)c1. The molecule has 0 amide bonds. The highest BCUT2D eigenvalue weighted by molar-refractivity contribution is 5.98. The summed E-state index contributed by atoms with van der Waals surface area (Å²) in [6, 6.07) is 7.93. The second-order valence-electron chi connectivity index (χ2n) is 4.11. The molecule has 2 nitrogen and oxygen atoms in total. The third-order valence-electron chi connectivity index (χ3n) is 2.90. The molecule has 0 saturated carbocycles. The third kappa shape index (κ3) is 2.57. The van der Waals surface area contributed by atoms with Crippen molar-refractivity contribution in [2.45, 2.75) is 26.7 Å². The summed E-state index contributed by atoms with van der Waals surface area (Å²) in [5.74, 6) is 6.14. The average molecular weight is 225 g/mol. The fourth-order valence-corrected chi connectivity index (χ4v) is 1.93. The van der Waals surface area contributed by atoms with E-state index in [1.807, 2.05) is 38.1 Å². The predicted octanol–water partition coefficient (Wildman–Crippen LogP) is 3.11. The smallest absolute Gasteiger partial charge is 0.160 e. The molecule has 0 radical (unpaired) electrons. The number of Topliss-reactive ketones (excluding diaryl/α,β-unsaturated/α-hetero) is 1. The molecule has 1 N–H and O–H groups in total. The Morgan fingerprint density at radius 3 is 2.76 bits per heavy atom. The molecule has 0 bridgehead atoms. The lowest BCUT2D eigenvalue weighted by atomic mass is 10.2. The molecule has 0 heterocycles. The number of carbonyl (C=O) groups excluding carboxylic acids is 1. The minimum atomic E-state index is 0.247. The van der Waals surface area contributed by atoms with Crippen LogP contribution in [0.5, 0.6) is 0 Å². The number of allylic oxidation sites excluding steroid dienone is 2. The molecule has 1 aromatic carbocycles. The summed E-state index contributed by atoms with van der Waals surface area (Å²) in [5, 5.41) is 3.31. The first-order chi connectivity index (χ1) is 8.20. The normalized spacial score (nSPS) is 14.6. The van der Waals surface area contributed by atoms with Gasteiger partial charge in [0.15, 0.2) is 5.78 Å². The number of rotatable bonds is 2. The zero-order valence-electron chi connectivity index (χ0n) is 10.1. The van der Waals surface area contributed by atoms with E-state index in [4.69, 9.17) is 0 Å². The molecule has 0 atom stereocenters. The van der Waals surface area contributed by atoms with E-state index in [9.17, 15) is 4.79 Å². The molecule has 0 unspecified atom stereocenters. The van der Waals surface area contributed by atoms with Gasteiger partial charge in [0.25, 0.3) is 0 Å². The molecule has 0 aromatic heterocycles. The molecule has 2 rings (SSSR count). The van der Waals surface area contributed by atoms with Gasteiger partial charge in [-0.05, 0) is 38.5 Å². The van der Waals surface area contributed by atoms with Crippen LogP contribution in [0.3, 0.4) is 0 Å². The summed E-state index contributed by atoms with van der Waals surface area (Å²) in [6.07, 6.45) is 1.44. The summed E-state index contributed by atoms with van der Waals surface area (Å²) in [7, 11) is 0. The number of nitrogens with one attached hydrogen (secondary N) is 1. The Morgan fingerprint density at radius 1 is 1.29 bits per heavy atom. The van der Waals surface area contributed by atoms with E-state index in [-0.39, 0.29) is 5.78 Å². The molecule has 1 aliphatic rings. The van der Waals surface area contributed by atoms with Gasteiger partial charge in [0.2, 0.25) is 0 Å². The van der Waals surface area contributed by atoms with Crippen molar-refractivity contribution in [3.05, 3.63) is 41.1 Å². The van der Waals surface area contributed by atoms with Gasteiger partial charge in [0.05, 0.1) is 0 Å². The minimum Gasteiger partial charge on any atom is -0.359 e. The second kappa shape index (κ2) is 4.88. The van der Waals surface area contributed by atoms with Crippen molar-refractivity contribution >= 4 is 11.5 Å². The van der Waals surface area contributed by atoms with Crippen LogP contribution in [0.1, 0.15) is 32.3 Å². The molecule has 0 aliphatic heterocycles. The lowest BCUT2D eigenvalue weighted by Gasteiger charge is -2.08. The maximum absolute atomic E-state index is 11.4. The molecule has 0 saturated heterocycles. The van der Waals surface area contributed by atoms with Crippen molar-refractivity contribution in [2.75, 3.05) is 5.32 Å². The van der Waals surface area contributed by atoms with Gasteiger partial charge in [0, 0.05) is 28.9 Å². The molecule has 17 heavy (non-hydrogen) atoms. The van der Waals surface area contributed by atoms with Crippen LogP contribution in [-0.4, -0.2) is 5.78 Å². The standard InChI is InChI=1S/C15H15NO/c1-3-5-12-6-4-7-13(10-12)16-14-8-9-15(17)11(14)2/h4,6-7,10,16H,8-9H2,1-2H3. The molecule has 1 aliphatic carbocycles. The maximum Gasteiger partial charge on any atom is 0.160 e. The lowest BCUT2D eigenvalue weighted by Crippen LogP contribution is -1.99. The monoisotopic (exact) mass is 225 g/mol. The van der Waals surface area contributed by atoms with E-state index in [1.165, 1.54) is 0 Å². The van der Waals surface area contributed by atoms with Gasteiger partial charge in [0.1, 0.15) is 0 Å². The van der Waals surface area contributed by atoms with Crippen molar-refractivity contribution in [2.24, 2.45) is 0 Å². The van der Waals surface area contributed by atoms with E-state index >= 15 is 0 Å². The average Bonchev–Trinajstić information content (AvgIpc) is 2.62. The van der Waals surface area contributed by atoms with E-state index in [1.54, 1.807) is 0 Å². The molecule has 1 aromatic rings. The topological polar surface area (TPSA) is 29.1 Å². The Bertz CT molecular complexity index is 544. The Kier molecular flexibility index (Phi) is 3.30. The van der Waals surface area contributed by atoms with Gasteiger partial charge >= 0.3 is 0 Å². The van der Waals surface area contributed by atoms with Gasteiger partial charge in [-0.2, -0.15) is 0 Å². The third-order valence-corrected chi connectivity index (χ3v) is 2.90. The van der Waals surface area contributed by atoms with Gasteiger partial charge in [-0.3, -0.25) is 4.79 Å². The van der Waals surface area contributed by atoms with Crippen LogP contribution in [0.25, 0.3) is 0 Å². The number of hydrogen-bond donors (Lipinski definition) is 1. The van der Waals surface area contributed by atoms with Crippen LogP contribution in [0.2, 0.25) is 0 Å². The largest absolute Gasteiger partial charge is 0.359 e. The Balaban J connectivity index is 2.21. The van der Waals surface area contributed by atoms with Gasteiger partial charge in [-0.15, -0.1) is 5.92 Å². The first-order valence-electron chi connectivity index (χ1n) is 5.73. The van der Waals surface area contributed by atoms with Crippen LogP contribution in [0, 0.1) is 11.8 Å². The highest BCUT2D eigenvalue weighted by Gasteiger charge is 2.18. The molecule has 0 spiro atoms. The second-order valence-corrected chi connectivity index (χ2v) is 4.11. The summed E-state index contributed by atoms with van der Waals surface area (Å²) >= 11 is 0. The first kappa shape index (κ1) is 11.5. The van der Waals surface area contributed by atoms with E-state index < -0.39 is 0 Å². The Morgan fingerprint density at radius 2 is 2.12 bits per heavy atom. The van der Waals surface area contributed by atoms with Crippen LogP contribution in [0.4, 0.5) is 5.69 Å². The quantitative estimate of drug-likeness (QED) is 0.783. The number of ketones is 1. The number of benzene rings is 1. The molecular formula is C15H15NO. The highest BCUT2D eigenvalue weighted by atomic mass is 16.1. The zero-order valence-corrected chi connectivity index (χ0v) is 10.1. The first-order valence-corrected chi connectivity index (χ1v) is 5.73. The summed E-state index contributed by atoms with van der Waals surface area (Å²) < 4.78 is 0. The van der Waals surface area contributed by atoms with Crippen molar-refractivity contribution < 1.29 is 4.79 Å². The van der Waals surface area contributed by atoms with Crippen molar-refractivity contribution in [1.82, 2.24) is 0 Å². The summed E-state index contributed by atoms with van der Waals surface area (Å²) in [4.78, 5) is 11.4. The van der Waals surface area contributed by atoms with Crippen molar-refractivity contribution in [1.29, 1.82) is 0 Å². The fraction of sp³-hybridized carbons (Fsp3) is 0.267. The van der Waals surface area contributed by atoms with Crippen LogP contribution in [0.15, 0.2) is 35.5 Å². The number of anilines is 1. The molecule has 0 fully saturated rings. The highest BCUT2D eigenvalue weighted by Crippen LogP contribution is 2.24. The minimum absolute atomic E-state index is 0.247. The summed E-state index contributed by atoms with van der Waals surface area (Å²) in [5.41, 5.74) is 3.88. The Hall–Kier alpha value is -2.01. The molecule has 2 heteroatoms. The number of carbonyl (C=O) groups is 1.